The third kappa shape index (κ3) is 4.77. The molecule has 1 fully saturated rings. The van der Waals surface area contributed by atoms with Gasteiger partial charge >= 0.3 is 0 Å². The van der Waals surface area contributed by atoms with E-state index in [4.69, 9.17) is 16.3 Å². The Balaban J connectivity index is 1.55. The molecule has 0 aliphatic carbocycles. The number of ether oxygens (including phenoxy) is 1. The molecule has 7 nitrogen and oxygen atoms in total. The van der Waals surface area contributed by atoms with Crippen LogP contribution in [0.3, 0.4) is 0 Å². The number of hydrogen-bond donors (Lipinski definition) is 1. The molecule has 4 rings (SSSR count). The molecular weight excluding hydrogens is 422 g/mol. The Bertz CT molecular complexity index is 1020. The molecule has 1 aromatic heterocycles. The van der Waals surface area contributed by atoms with Crippen molar-refractivity contribution in [3.63, 3.8) is 0 Å². The number of rotatable bonds is 6. The summed E-state index contributed by atoms with van der Waals surface area (Å²) in [5, 5.41) is 13.0. The zero-order valence-corrected chi connectivity index (χ0v) is 18.1. The van der Waals surface area contributed by atoms with Crippen LogP contribution in [0.15, 0.2) is 53.7 Å². The first-order valence-electron chi connectivity index (χ1n) is 9.64. The van der Waals surface area contributed by atoms with E-state index in [1.165, 1.54) is 11.8 Å². The summed E-state index contributed by atoms with van der Waals surface area (Å²) in [6.45, 7) is 4.89. The average molecular weight is 444 g/mol. The molecule has 0 spiro atoms. The van der Waals surface area contributed by atoms with Gasteiger partial charge in [-0.1, -0.05) is 41.6 Å². The Morgan fingerprint density at radius 3 is 2.60 bits per heavy atom. The van der Waals surface area contributed by atoms with E-state index in [9.17, 15) is 4.79 Å². The number of aryl methyl sites for hydroxylation is 1. The first kappa shape index (κ1) is 20.7. The predicted molar refractivity (Wildman–Crippen MR) is 120 cm³/mol. The number of para-hydroxylation sites is 1. The van der Waals surface area contributed by atoms with Crippen molar-refractivity contribution < 1.29 is 9.53 Å². The molecule has 156 valence electrons. The first-order chi connectivity index (χ1) is 14.6. The highest BCUT2D eigenvalue weighted by Crippen LogP contribution is 2.29. The van der Waals surface area contributed by atoms with Gasteiger partial charge in [-0.05, 0) is 42.8 Å². The Morgan fingerprint density at radius 2 is 1.87 bits per heavy atom. The number of anilines is 2. The van der Waals surface area contributed by atoms with Gasteiger partial charge in [0.1, 0.15) is 0 Å². The van der Waals surface area contributed by atoms with Crippen molar-refractivity contribution in [1.82, 2.24) is 14.8 Å². The molecule has 0 bridgehead atoms. The van der Waals surface area contributed by atoms with Crippen LogP contribution in [0.25, 0.3) is 5.69 Å². The third-order valence-electron chi connectivity index (χ3n) is 4.73. The van der Waals surface area contributed by atoms with E-state index in [1.54, 1.807) is 24.3 Å². The molecule has 1 aliphatic rings. The summed E-state index contributed by atoms with van der Waals surface area (Å²) in [5.41, 5.74) is 2.82. The molecule has 9 heteroatoms. The van der Waals surface area contributed by atoms with Gasteiger partial charge in [0.2, 0.25) is 11.9 Å². The lowest BCUT2D eigenvalue weighted by atomic mass is 10.2. The van der Waals surface area contributed by atoms with Crippen LogP contribution in [0.2, 0.25) is 5.02 Å². The lowest BCUT2D eigenvalue weighted by Crippen LogP contribution is -2.38. The number of benzene rings is 2. The van der Waals surface area contributed by atoms with Crippen LogP contribution in [0.5, 0.6) is 0 Å². The number of nitrogens with one attached hydrogen (secondary N) is 1. The number of halogens is 1. The largest absolute Gasteiger partial charge is 0.378 e. The maximum absolute atomic E-state index is 12.4. The fourth-order valence-corrected chi connectivity index (χ4v) is 4.08. The Labute approximate surface area is 184 Å². The zero-order chi connectivity index (χ0) is 20.9. The molecule has 0 radical (unpaired) electrons. The summed E-state index contributed by atoms with van der Waals surface area (Å²) in [6.07, 6.45) is 0. The van der Waals surface area contributed by atoms with Crippen LogP contribution in [-0.2, 0) is 9.53 Å². The number of amides is 1. The van der Waals surface area contributed by atoms with Crippen LogP contribution in [0.1, 0.15) is 5.56 Å². The van der Waals surface area contributed by atoms with Gasteiger partial charge in [0.25, 0.3) is 0 Å². The Hall–Kier alpha value is -2.55. The van der Waals surface area contributed by atoms with Gasteiger partial charge in [-0.25, -0.2) is 0 Å². The van der Waals surface area contributed by atoms with E-state index in [1.807, 2.05) is 22.8 Å². The molecule has 30 heavy (non-hydrogen) atoms. The summed E-state index contributed by atoms with van der Waals surface area (Å²) in [7, 11) is 0. The highest BCUT2D eigenvalue weighted by molar-refractivity contribution is 7.99. The van der Waals surface area contributed by atoms with Crippen LogP contribution >= 0.6 is 23.4 Å². The van der Waals surface area contributed by atoms with Gasteiger partial charge in [0.15, 0.2) is 5.16 Å². The van der Waals surface area contributed by atoms with Gasteiger partial charge < -0.3 is 15.0 Å². The number of carbonyl (C=O) groups is 1. The topological polar surface area (TPSA) is 72.3 Å². The molecule has 1 aliphatic heterocycles. The van der Waals surface area contributed by atoms with Gasteiger partial charge in [0.05, 0.1) is 24.7 Å². The highest BCUT2D eigenvalue weighted by atomic mass is 35.5. The minimum atomic E-state index is -0.116. The SMILES string of the molecule is Cc1ccccc1-n1c(SCC(=O)Nc2ccc(Cl)cc2)nnc1N1CCOCC1. The van der Waals surface area contributed by atoms with Crippen LogP contribution in [-0.4, -0.2) is 52.7 Å². The summed E-state index contributed by atoms with van der Waals surface area (Å²) in [4.78, 5) is 14.6. The van der Waals surface area contributed by atoms with Gasteiger partial charge in [-0.2, -0.15) is 0 Å². The summed E-state index contributed by atoms with van der Waals surface area (Å²) >= 11 is 7.26. The van der Waals surface area contributed by atoms with Gasteiger partial charge in [-0.15, -0.1) is 10.2 Å². The van der Waals surface area contributed by atoms with E-state index >= 15 is 0 Å². The second kappa shape index (κ2) is 9.51. The molecule has 1 saturated heterocycles. The molecule has 3 aromatic rings. The number of morpholine rings is 1. The molecule has 1 N–H and O–H groups in total. The Morgan fingerprint density at radius 1 is 1.13 bits per heavy atom. The van der Waals surface area contributed by atoms with Crippen molar-refractivity contribution in [2.45, 2.75) is 12.1 Å². The minimum Gasteiger partial charge on any atom is -0.378 e. The van der Waals surface area contributed by atoms with Crippen molar-refractivity contribution in [2.24, 2.45) is 0 Å². The lowest BCUT2D eigenvalue weighted by Gasteiger charge is -2.28. The molecule has 0 unspecified atom stereocenters. The maximum Gasteiger partial charge on any atom is 0.234 e. The fourth-order valence-electron chi connectivity index (χ4n) is 3.21. The van der Waals surface area contributed by atoms with Crippen molar-refractivity contribution in [2.75, 3.05) is 42.3 Å². The van der Waals surface area contributed by atoms with Crippen molar-refractivity contribution in [3.05, 3.63) is 59.1 Å². The van der Waals surface area contributed by atoms with E-state index in [-0.39, 0.29) is 11.7 Å². The quantitative estimate of drug-likeness (QED) is 0.584. The smallest absolute Gasteiger partial charge is 0.234 e. The van der Waals surface area contributed by atoms with Crippen molar-refractivity contribution >= 4 is 40.9 Å². The Kier molecular flexibility index (Phi) is 6.56. The number of thioether (sulfide) groups is 1. The standard InChI is InChI=1S/C21H22ClN5O2S/c1-15-4-2-3-5-18(15)27-20(26-10-12-29-13-11-26)24-25-21(27)30-14-19(28)23-17-8-6-16(22)7-9-17/h2-9H,10-14H2,1H3,(H,23,28). The molecule has 0 saturated carbocycles. The molecule has 2 aromatic carbocycles. The second-order valence-corrected chi connectivity index (χ2v) is 8.23. The second-order valence-electron chi connectivity index (χ2n) is 6.85. The average Bonchev–Trinajstić information content (AvgIpc) is 3.18. The number of nitrogens with zero attached hydrogens (tertiary/aromatic N) is 4. The summed E-state index contributed by atoms with van der Waals surface area (Å²) in [5.74, 6) is 0.873. The number of hydrogen-bond acceptors (Lipinski definition) is 6. The minimum absolute atomic E-state index is 0.116. The summed E-state index contributed by atoms with van der Waals surface area (Å²) in [6, 6.07) is 15.1. The molecular formula is C21H22ClN5O2S. The van der Waals surface area contributed by atoms with E-state index < -0.39 is 0 Å². The monoisotopic (exact) mass is 443 g/mol. The number of carbonyl (C=O) groups excluding carboxylic acids is 1. The zero-order valence-electron chi connectivity index (χ0n) is 16.5. The van der Waals surface area contributed by atoms with Crippen LogP contribution in [0.4, 0.5) is 11.6 Å². The highest BCUT2D eigenvalue weighted by Gasteiger charge is 2.23. The fraction of sp³-hybridized carbons (Fsp3) is 0.286. The van der Waals surface area contributed by atoms with E-state index in [0.29, 0.717) is 29.1 Å². The maximum atomic E-state index is 12.4. The molecule has 0 atom stereocenters. The molecule has 2 heterocycles. The van der Waals surface area contributed by atoms with E-state index in [0.717, 1.165) is 30.3 Å². The lowest BCUT2D eigenvalue weighted by molar-refractivity contribution is -0.113. The summed E-state index contributed by atoms with van der Waals surface area (Å²) < 4.78 is 7.50. The normalized spacial score (nSPS) is 14.0. The third-order valence-corrected chi connectivity index (χ3v) is 5.91. The van der Waals surface area contributed by atoms with Crippen molar-refractivity contribution in [3.8, 4) is 5.69 Å². The first-order valence-corrected chi connectivity index (χ1v) is 11.0. The van der Waals surface area contributed by atoms with E-state index in [2.05, 4.69) is 33.4 Å². The van der Waals surface area contributed by atoms with Gasteiger partial charge in [-0.3, -0.25) is 9.36 Å². The van der Waals surface area contributed by atoms with Crippen LogP contribution < -0.4 is 10.2 Å². The number of aromatic nitrogens is 3. The van der Waals surface area contributed by atoms with Crippen LogP contribution in [0, 0.1) is 6.92 Å². The molecule has 1 amide bonds. The predicted octanol–water partition coefficient (Wildman–Crippen LogP) is 3.80. The van der Waals surface area contributed by atoms with Gasteiger partial charge in [0, 0.05) is 23.8 Å². The van der Waals surface area contributed by atoms with Crippen molar-refractivity contribution in [1.29, 1.82) is 0 Å².